The number of rotatable bonds is 5. The Balaban J connectivity index is 1.92. The van der Waals surface area contributed by atoms with Gasteiger partial charge in [-0.2, -0.15) is 4.39 Å². The van der Waals surface area contributed by atoms with Crippen LogP contribution in [0.15, 0.2) is 18.3 Å². The number of carbonyl (C=O) groups is 1. The van der Waals surface area contributed by atoms with Gasteiger partial charge in [0.1, 0.15) is 0 Å². The first-order valence-corrected chi connectivity index (χ1v) is 6.11. The molecule has 1 saturated carbocycles. The first-order chi connectivity index (χ1) is 8.19. The van der Waals surface area contributed by atoms with Crippen LogP contribution in [0, 0.1) is 11.9 Å². The van der Waals surface area contributed by atoms with Gasteiger partial charge in [-0.25, -0.2) is 4.98 Å². The predicted octanol–water partition coefficient (Wildman–Crippen LogP) is 2.53. The van der Waals surface area contributed by atoms with Gasteiger partial charge in [-0.1, -0.05) is 19.8 Å². The van der Waals surface area contributed by atoms with Gasteiger partial charge in [0.05, 0.1) is 5.56 Å². The van der Waals surface area contributed by atoms with Crippen LogP contribution in [-0.4, -0.2) is 16.9 Å². The molecule has 0 bridgehead atoms. The Morgan fingerprint density at radius 1 is 1.59 bits per heavy atom. The second kappa shape index (κ2) is 5.25. The van der Waals surface area contributed by atoms with Gasteiger partial charge in [-0.15, -0.1) is 0 Å². The largest absolute Gasteiger partial charge is 0.349 e. The van der Waals surface area contributed by atoms with Crippen molar-refractivity contribution in [3.05, 3.63) is 29.8 Å². The molecular weight excluding hydrogens is 219 g/mol. The van der Waals surface area contributed by atoms with Crippen molar-refractivity contribution in [1.82, 2.24) is 10.3 Å². The van der Waals surface area contributed by atoms with Crippen molar-refractivity contribution < 1.29 is 9.18 Å². The fourth-order valence-electron chi connectivity index (χ4n) is 1.86. The number of aromatic nitrogens is 1. The molecule has 1 fully saturated rings. The molecule has 1 amide bonds. The smallest absolute Gasteiger partial charge is 0.253 e. The summed E-state index contributed by atoms with van der Waals surface area (Å²) >= 11 is 0. The van der Waals surface area contributed by atoms with Crippen LogP contribution in [-0.2, 0) is 0 Å². The maximum absolute atomic E-state index is 12.6. The van der Waals surface area contributed by atoms with Gasteiger partial charge >= 0.3 is 0 Å². The molecule has 92 valence electrons. The Hall–Kier alpha value is -1.45. The van der Waals surface area contributed by atoms with Gasteiger partial charge in [0, 0.05) is 12.2 Å². The minimum absolute atomic E-state index is 0.162. The van der Waals surface area contributed by atoms with E-state index in [4.69, 9.17) is 0 Å². The lowest BCUT2D eigenvalue weighted by Gasteiger charge is -2.16. The second-order valence-electron chi connectivity index (χ2n) is 4.63. The Kier molecular flexibility index (Phi) is 3.71. The van der Waals surface area contributed by atoms with E-state index in [2.05, 4.69) is 17.2 Å². The molecule has 1 aromatic heterocycles. The van der Waals surface area contributed by atoms with Crippen molar-refractivity contribution in [2.24, 2.45) is 5.92 Å². The summed E-state index contributed by atoms with van der Waals surface area (Å²) in [5.41, 5.74) is 0.417. The lowest BCUT2D eigenvalue weighted by atomic mass is 10.1. The van der Waals surface area contributed by atoms with Crippen LogP contribution in [0.1, 0.15) is 43.0 Å². The van der Waals surface area contributed by atoms with Crippen molar-refractivity contribution in [2.45, 2.75) is 38.6 Å². The summed E-state index contributed by atoms with van der Waals surface area (Å²) in [6, 6.07) is 2.89. The van der Waals surface area contributed by atoms with Crippen LogP contribution < -0.4 is 5.32 Å². The number of hydrogen-bond acceptors (Lipinski definition) is 2. The topological polar surface area (TPSA) is 42.0 Å². The number of hydrogen-bond donors (Lipinski definition) is 1. The SMILES string of the molecule is CCC(CC1CC1)NC(=O)c1ccc(F)nc1. The summed E-state index contributed by atoms with van der Waals surface area (Å²) < 4.78 is 12.6. The number of carbonyl (C=O) groups excluding carboxylic acids is 1. The van der Waals surface area contributed by atoms with Crippen LogP contribution in [0.4, 0.5) is 4.39 Å². The molecule has 1 heterocycles. The number of nitrogens with one attached hydrogen (secondary N) is 1. The van der Waals surface area contributed by atoms with Gasteiger partial charge in [0.15, 0.2) is 0 Å². The first-order valence-electron chi connectivity index (χ1n) is 6.11. The molecule has 2 rings (SSSR count). The number of halogens is 1. The molecule has 4 heteroatoms. The average molecular weight is 236 g/mol. The van der Waals surface area contributed by atoms with Crippen LogP contribution in [0.25, 0.3) is 0 Å². The molecule has 1 aliphatic carbocycles. The third kappa shape index (κ3) is 3.51. The van der Waals surface area contributed by atoms with E-state index in [1.165, 1.54) is 31.2 Å². The van der Waals surface area contributed by atoms with E-state index in [-0.39, 0.29) is 11.9 Å². The molecule has 17 heavy (non-hydrogen) atoms. The van der Waals surface area contributed by atoms with Crippen molar-refractivity contribution in [3.8, 4) is 0 Å². The maximum atomic E-state index is 12.6. The predicted molar refractivity (Wildman–Crippen MR) is 63.1 cm³/mol. The van der Waals surface area contributed by atoms with Crippen LogP contribution in [0.3, 0.4) is 0 Å². The molecule has 1 aromatic rings. The Morgan fingerprint density at radius 3 is 2.88 bits per heavy atom. The van der Waals surface area contributed by atoms with Crippen molar-refractivity contribution in [3.63, 3.8) is 0 Å². The zero-order valence-electron chi connectivity index (χ0n) is 9.95. The molecule has 1 N–H and O–H groups in total. The summed E-state index contributed by atoms with van der Waals surface area (Å²) in [5.74, 6) is 0.0585. The molecule has 0 radical (unpaired) electrons. The Bertz CT molecular complexity index is 387. The summed E-state index contributed by atoms with van der Waals surface area (Å²) in [4.78, 5) is 15.3. The molecule has 1 atom stereocenters. The first kappa shape index (κ1) is 12.0. The van der Waals surface area contributed by atoms with E-state index in [9.17, 15) is 9.18 Å². The zero-order chi connectivity index (χ0) is 12.3. The molecule has 0 saturated heterocycles. The van der Waals surface area contributed by atoms with Gasteiger partial charge in [-0.3, -0.25) is 4.79 Å². The Labute approximate surface area is 100 Å². The third-order valence-electron chi connectivity index (χ3n) is 3.13. The number of pyridine rings is 1. The van der Waals surface area contributed by atoms with Gasteiger partial charge in [-0.05, 0) is 30.9 Å². The summed E-state index contributed by atoms with van der Waals surface area (Å²) in [7, 11) is 0. The van der Waals surface area contributed by atoms with Gasteiger partial charge < -0.3 is 5.32 Å². The van der Waals surface area contributed by atoms with E-state index in [0.717, 1.165) is 18.8 Å². The molecular formula is C13H17FN2O. The van der Waals surface area contributed by atoms with E-state index in [1.54, 1.807) is 0 Å². The number of amides is 1. The third-order valence-corrected chi connectivity index (χ3v) is 3.13. The minimum atomic E-state index is -0.563. The highest BCUT2D eigenvalue weighted by atomic mass is 19.1. The fraction of sp³-hybridized carbons (Fsp3) is 0.538. The quantitative estimate of drug-likeness (QED) is 0.798. The average Bonchev–Trinajstić information content (AvgIpc) is 3.13. The highest BCUT2D eigenvalue weighted by Crippen LogP contribution is 2.34. The second-order valence-corrected chi connectivity index (χ2v) is 4.63. The molecule has 0 aliphatic heterocycles. The zero-order valence-corrected chi connectivity index (χ0v) is 9.95. The van der Waals surface area contributed by atoms with Crippen molar-refractivity contribution in [1.29, 1.82) is 0 Å². The molecule has 0 spiro atoms. The lowest BCUT2D eigenvalue weighted by molar-refractivity contribution is 0.0932. The summed E-state index contributed by atoms with van der Waals surface area (Å²) in [6.07, 6.45) is 5.82. The van der Waals surface area contributed by atoms with E-state index >= 15 is 0 Å². The summed E-state index contributed by atoms with van der Waals surface area (Å²) in [6.45, 7) is 2.07. The highest BCUT2D eigenvalue weighted by Gasteiger charge is 2.25. The van der Waals surface area contributed by atoms with Gasteiger partial charge in [0.2, 0.25) is 5.95 Å². The lowest BCUT2D eigenvalue weighted by Crippen LogP contribution is -2.34. The van der Waals surface area contributed by atoms with Crippen LogP contribution >= 0.6 is 0 Å². The van der Waals surface area contributed by atoms with E-state index in [1.807, 2.05) is 0 Å². The molecule has 3 nitrogen and oxygen atoms in total. The standard InChI is InChI=1S/C13H17FN2O/c1-2-11(7-9-3-4-9)16-13(17)10-5-6-12(14)15-8-10/h5-6,8-9,11H,2-4,7H2,1H3,(H,16,17). The number of nitrogens with zero attached hydrogens (tertiary/aromatic N) is 1. The van der Waals surface area contributed by atoms with E-state index < -0.39 is 5.95 Å². The normalized spacial score (nSPS) is 16.6. The molecule has 1 aliphatic rings. The van der Waals surface area contributed by atoms with Crippen LogP contribution in [0.2, 0.25) is 0 Å². The van der Waals surface area contributed by atoms with Crippen molar-refractivity contribution in [2.75, 3.05) is 0 Å². The maximum Gasteiger partial charge on any atom is 0.253 e. The molecule has 0 aromatic carbocycles. The molecule has 1 unspecified atom stereocenters. The van der Waals surface area contributed by atoms with Gasteiger partial charge in [0.25, 0.3) is 5.91 Å². The summed E-state index contributed by atoms with van der Waals surface area (Å²) in [5, 5.41) is 2.97. The monoisotopic (exact) mass is 236 g/mol. The van der Waals surface area contributed by atoms with Crippen molar-refractivity contribution >= 4 is 5.91 Å². The fourth-order valence-corrected chi connectivity index (χ4v) is 1.86. The minimum Gasteiger partial charge on any atom is -0.349 e. The van der Waals surface area contributed by atoms with E-state index in [0.29, 0.717) is 5.56 Å². The highest BCUT2D eigenvalue weighted by molar-refractivity contribution is 5.93. The Morgan fingerprint density at radius 2 is 2.35 bits per heavy atom. The van der Waals surface area contributed by atoms with Crippen LogP contribution in [0.5, 0.6) is 0 Å².